The molecule has 0 saturated carbocycles. The standard InChI is InChI=1S/C28H34N6OS/c1-3-32-15-17-33(18-16-32)25(35)14-8-9-19-36-28-29-27-26(30-31-28)23-12-6-7-13-24(23)34(27)20-22-11-5-4-10-21(22)2/h4-7,10-13H,3,8-9,14-20H2,1-2H3. The van der Waals surface area contributed by atoms with Crippen LogP contribution in [0.5, 0.6) is 0 Å². The highest BCUT2D eigenvalue weighted by atomic mass is 32.2. The Kier molecular flexibility index (Phi) is 7.82. The zero-order chi connectivity index (χ0) is 24.9. The highest BCUT2D eigenvalue weighted by molar-refractivity contribution is 7.99. The largest absolute Gasteiger partial charge is 0.340 e. The molecule has 2 aromatic carbocycles. The van der Waals surface area contributed by atoms with Crippen LogP contribution in [0.2, 0.25) is 0 Å². The third kappa shape index (κ3) is 5.39. The van der Waals surface area contributed by atoms with Gasteiger partial charge in [0.05, 0.1) is 5.52 Å². The number of aryl methyl sites for hydroxylation is 1. The number of carbonyl (C=O) groups excluding carboxylic acids is 1. The normalized spacial score (nSPS) is 14.7. The van der Waals surface area contributed by atoms with Crippen LogP contribution in [0.25, 0.3) is 22.1 Å². The summed E-state index contributed by atoms with van der Waals surface area (Å²) in [7, 11) is 0. The number of piperazine rings is 1. The number of para-hydroxylation sites is 1. The van der Waals surface area contributed by atoms with Crippen molar-refractivity contribution in [2.75, 3.05) is 38.5 Å². The number of carbonyl (C=O) groups is 1. The molecule has 8 heteroatoms. The summed E-state index contributed by atoms with van der Waals surface area (Å²) >= 11 is 1.62. The summed E-state index contributed by atoms with van der Waals surface area (Å²) < 4.78 is 2.25. The first-order valence-corrected chi connectivity index (χ1v) is 13.9. The van der Waals surface area contributed by atoms with Crippen molar-refractivity contribution >= 4 is 39.7 Å². The van der Waals surface area contributed by atoms with E-state index in [2.05, 4.69) is 76.0 Å². The lowest BCUT2D eigenvalue weighted by Crippen LogP contribution is -2.48. The van der Waals surface area contributed by atoms with Gasteiger partial charge in [0.1, 0.15) is 5.52 Å². The van der Waals surface area contributed by atoms with Gasteiger partial charge in [0, 0.05) is 50.3 Å². The lowest BCUT2D eigenvalue weighted by atomic mass is 10.1. The molecular weight excluding hydrogens is 468 g/mol. The number of benzene rings is 2. The van der Waals surface area contributed by atoms with Crippen LogP contribution in [0.4, 0.5) is 0 Å². The van der Waals surface area contributed by atoms with Crippen LogP contribution in [0.3, 0.4) is 0 Å². The number of thioether (sulfide) groups is 1. The molecule has 1 saturated heterocycles. The predicted molar refractivity (Wildman–Crippen MR) is 146 cm³/mol. The van der Waals surface area contributed by atoms with Gasteiger partial charge in [0.15, 0.2) is 5.65 Å². The van der Waals surface area contributed by atoms with Crippen molar-refractivity contribution in [1.82, 2.24) is 29.5 Å². The van der Waals surface area contributed by atoms with Gasteiger partial charge in [-0.25, -0.2) is 4.98 Å². The van der Waals surface area contributed by atoms with Gasteiger partial charge in [0.2, 0.25) is 11.1 Å². The second kappa shape index (κ2) is 11.4. The fraction of sp³-hybridized carbons (Fsp3) is 0.429. The van der Waals surface area contributed by atoms with Crippen molar-refractivity contribution in [3.8, 4) is 0 Å². The van der Waals surface area contributed by atoms with Crippen LogP contribution in [-0.2, 0) is 11.3 Å². The quantitative estimate of drug-likeness (QED) is 0.243. The molecular formula is C28H34N6OS. The lowest BCUT2D eigenvalue weighted by Gasteiger charge is -2.34. The molecule has 36 heavy (non-hydrogen) atoms. The summed E-state index contributed by atoms with van der Waals surface area (Å²) in [5.74, 6) is 1.16. The Morgan fingerprint density at radius 3 is 2.56 bits per heavy atom. The summed E-state index contributed by atoms with van der Waals surface area (Å²) in [6.45, 7) is 9.83. The van der Waals surface area contributed by atoms with E-state index >= 15 is 0 Å². The number of amides is 1. The maximum Gasteiger partial charge on any atom is 0.222 e. The number of fused-ring (bicyclic) bond motifs is 3. The summed E-state index contributed by atoms with van der Waals surface area (Å²) in [6, 6.07) is 16.8. The molecule has 1 amide bonds. The summed E-state index contributed by atoms with van der Waals surface area (Å²) in [5.41, 5.74) is 5.38. The second-order valence-electron chi connectivity index (χ2n) is 9.42. The van der Waals surface area contributed by atoms with E-state index in [0.29, 0.717) is 11.6 Å². The Labute approximate surface area is 216 Å². The van der Waals surface area contributed by atoms with Gasteiger partial charge in [-0.05, 0) is 43.5 Å². The maximum absolute atomic E-state index is 12.5. The van der Waals surface area contributed by atoms with Gasteiger partial charge >= 0.3 is 0 Å². The van der Waals surface area contributed by atoms with Crippen molar-refractivity contribution < 1.29 is 4.79 Å². The molecule has 0 unspecified atom stereocenters. The van der Waals surface area contributed by atoms with Crippen molar-refractivity contribution in [3.63, 3.8) is 0 Å². The SMILES string of the molecule is CCN1CCN(C(=O)CCCCSc2nnc3c4ccccc4n(Cc4ccccc4C)c3n2)CC1. The van der Waals surface area contributed by atoms with E-state index in [4.69, 9.17) is 4.98 Å². The molecule has 7 nitrogen and oxygen atoms in total. The highest BCUT2D eigenvalue weighted by Crippen LogP contribution is 2.28. The second-order valence-corrected chi connectivity index (χ2v) is 10.5. The van der Waals surface area contributed by atoms with Crippen molar-refractivity contribution in [3.05, 3.63) is 59.7 Å². The Hall–Kier alpha value is -2.97. The molecule has 188 valence electrons. The zero-order valence-electron chi connectivity index (χ0n) is 21.2. The zero-order valence-corrected chi connectivity index (χ0v) is 22.0. The molecule has 1 aliphatic rings. The summed E-state index contributed by atoms with van der Waals surface area (Å²) in [6.07, 6.45) is 2.47. The van der Waals surface area contributed by atoms with Crippen LogP contribution >= 0.6 is 11.8 Å². The van der Waals surface area contributed by atoms with E-state index in [-0.39, 0.29) is 5.91 Å². The maximum atomic E-state index is 12.5. The average Bonchev–Trinajstić information content (AvgIpc) is 3.22. The number of nitrogens with zero attached hydrogens (tertiary/aromatic N) is 6. The molecule has 0 spiro atoms. The van der Waals surface area contributed by atoms with Gasteiger partial charge in [0.25, 0.3) is 0 Å². The summed E-state index contributed by atoms with van der Waals surface area (Å²) in [4.78, 5) is 21.9. The van der Waals surface area contributed by atoms with E-state index < -0.39 is 0 Å². The molecule has 0 atom stereocenters. The van der Waals surface area contributed by atoms with Crippen LogP contribution in [0.1, 0.15) is 37.3 Å². The number of hydrogen-bond acceptors (Lipinski definition) is 6. The van der Waals surface area contributed by atoms with Crippen molar-refractivity contribution in [2.24, 2.45) is 0 Å². The molecule has 0 N–H and O–H groups in total. The minimum atomic E-state index is 0.288. The Balaban J connectivity index is 1.23. The Bertz CT molecular complexity index is 1340. The molecule has 3 heterocycles. The van der Waals surface area contributed by atoms with E-state index in [9.17, 15) is 4.79 Å². The van der Waals surface area contributed by atoms with Gasteiger partial charge in [-0.2, -0.15) is 0 Å². The van der Waals surface area contributed by atoms with E-state index in [0.717, 1.165) is 79.9 Å². The van der Waals surface area contributed by atoms with Crippen LogP contribution in [-0.4, -0.2) is 73.9 Å². The molecule has 4 aromatic rings. The molecule has 0 radical (unpaired) electrons. The van der Waals surface area contributed by atoms with E-state index in [1.54, 1.807) is 11.8 Å². The van der Waals surface area contributed by atoms with Crippen molar-refractivity contribution in [1.29, 1.82) is 0 Å². The fourth-order valence-electron chi connectivity index (χ4n) is 4.88. The van der Waals surface area contributed by atoms with E-state index in [1.807, 2.05) is 11.0 Å². The third-order valence-electron chi connectivity index (χ3n) is 7.13. The first-order chi connectivity index (χ1) is 17.6. The fourth-order valence-corrected chi connectivity index (χ4v) is 5.66. The lowest BCUT2D eigenvalue weighted by molar-refractivity contribution is -0.133. The first kappa shape index (κ1) is 24.7. The molecule has 5 rings (SSSR count). The predicted octanol–water partition coefficient (Wildman–Crippen LogP) is 4.76. The van der Waals surface area contributed by atoms with Gasteiger partial charge < -0.3 is 14.4 Å². The van der Waals surface area contributed by atoms with Gasteiger partial charge in [-0.3, -0.25) is 4.79 Å². The van der Waals surface area contributed by atoms with Crippen LogP contribution in [0.15, 0.2) is 53.7 Å². The van der Waals surface area contributed by atoms with Crippen LogP contribution < -0.4 is 0 Å². The Morgan fingerprint density at radius 2 is 1.75 bits per heavy atom. The topological polar surface area (TPSA) is 67.2 Å². The number of aromatic nitrogens is 4. The molecule has 0 aliphatic carbocycles. The Morgan fingerprint density at radius 1 is 0.972 bits per heavy atom. The highest BCUT2D eigenvalue weighted by Gasteiger charge is 2.20. The monoisotopic (exact) mass is 502 g/mol. The van der Waals surface area contributed by atoms with Gasteiger partial charge in [-0.1, -0.05) is 61.2 Å². The molecule has 0 bridgehead atoms. The minimum Gasteiger partial charge on any atom is -0.340 e. The first-order valence-electron chi connectivity index (χ1n) is 12.9. The summed E-state index contributed by atoms with van der Waals surface area (Å²) in [5, 5.41) is 10.8. The minimum absolute atomic E-state index is 0.288. The van der Waals surface area contributed by atoms with Gasteiger partial charge in [-0.15, -0.1) is 10.2 Å². The number of hydrogen-bond donors (Lipinski definition) is 0. The average molecular weight is 503 g/mol. The third-order valence-corrected chi connectivity index (χ3v) is 8.06. The van der Waals surface area contributed by atoms with Crippen LogP contribution in [0, 0.1) is 6.92 Å². The smallest absolute Gasteiger partial charge is 0.222 e. The molecule has 1 aliphatic heterocycles. The molecule has 2 aromatic heterocycles. The number of unbranched alkanes of at least 4 members (excludes halogenated alkanes) is 1. The van der Waals surface area contributed by atoms with E-state index in [1.165, 1.54) is 11.1 Å². The van der Waals surface area contributed by atoms with Crippen molar-refractivity contribution in [2.45, 2.75) is 44.8 Å². The molecule has 1 fully saturated rings. The number of likely N-dealkylation sites (N-methyl/N-ethyl adjacent to an activating group) is 1. The number of rotatable bonds is 9.